The van der Waals surface area contributed by atoms with E-state index in [1.54, 1.807) is 11.3 Å². The highest BCUT2D eigenvalue weighted by Crippen LogP contribution is 2.25. The van der Waals surface area contributed by atoms with Gasteiger partial charge in [-0.05, 0) is 17.9 Å². The molecule has 1 saturated heterocycles. The summed E-state index contributed by atoms with van der Waals surface area (Å²) in [5.41, 5.74) is 0.971. The van der Waals surface area contributed by atoms with E-state index in [4.69, 9.17) is 4.52 Å². The lowest BCUT2D eigenvalue weighted by Crippen LogP contribution is -2.15. The third-order valence-electron chi connectivity index (χ3n) is 2.63. The number of rotatable bonds is 2. The lowest BCUT2D eigenvalue weighted by Gasteiger charge is -2.01. The second kappa shape index (κ2) is 3.97. The number of β-amino-alcohol motifs (C(OH)–C–C–N with tert-alkyl or cyclic N) is 1. The van der Waals surface area contributed by atoms with Gasteiger partial charge in [-0.1, -0.05) is 5.16 Å². The minimum atomic E-state index is -0.318. The third kappa shape index (κ3) is 1.75. The van der Waals surface area contributed by atoms with Crippen LogP contribution in [0.25, 0.3) is 11.4 Å². The van der Waals surface area contributed by atoms with E-state index in [-0.39, 0.29) is 12.1 Å². The normalized spacial score (nSPS) is 25.1. The van der Waals surface area contributed by atoms with E-state index < -0.39 is 0 Å². The fourth-order valence-electron chi connectivity index (χ4n) is 1.79. The van der Waals surface area contributed by atoms with Crippen LogP contribution in [0.2, 0.25) is 0 Å². The number of aromatic nitrogens is 2. The molecule has 2 aromatic rings. The zero-order valence-electron chi connectivity index (χ0n) is 8.46. The molecule has 5 nitrogen and oxygen atoms in total. The van der Waals surface area contributed by atoms with Crippen molar-refractivity contribution in [3.05, 3.63) is 22.7 Å². The molecule has 0 spiro atoms. The molecule has 1 aliphatic heterocycles. The van der Waals surface area contributed by atoms with Crippen LogP contribution in [0.3, 0.4) is 0 Å². The molecule has 3 rings (SSSR count). The summed E-state index contributed by atoms with van der Waals surface area (Å²) < 4.78 is 5.19. The van der Waals surface area contributed by atoms with Crippen LogP contribution in [-0.4, -0.2) is 27.9 Å². The van der Waals surface area contributed by atoms with Gasteiger partial charge in [0.1, 0.15) is 0 Å². The van der Waals surface area contributed by atoms with Crippen LogP contribution in [0.4, 0.5) is 0 Å². The van der Waals surface area contributed by atoms with Gasteiger partial charge in [0.2, 0.25) is 11.7 Å². The summed E-state index contributed by atoms with van der Waals surface area (Å²) in [5, 5.41) is 20.4. The van der Waals surface area contributed by atoms with Crippen molar-refractivity contribution in [3.8, 4) is 11.4 Å². The van der Waals surface area contributed by atoms with Crippen molar-refractivity contribution in [2.24, 2.45) is 0 Å². The second-order valence-corrected chi connectivity index (χ2v) is 4.60. The number of aliphatic hydroxyl groups excluding tert-OH is 1. The molecule has 0 aliphatic carbocycles. The molecule has 1 fully saturated rings. The molecule has 1 unspecified atom stereocenters. The van der Waals surface area contributed by atoms with Gasteiger partial charge in [-0.3, -0.25) is 0 Å². The Morgan fingerprint density at radius 1 is 1.56 bits per heavy atom. The molecule has 2 aromatic heterocycles. The number of nitrogens with one attached hydrogen (secondary N) is 1. The maximum Gasteiger partial charge on any atom is 0.244 e. The van der Waals surface area contributed by atoms with Gasteiger partial charge >= 0.3 is 0 Å². The predicted molar refractivity (Wildman–Crippen MR) is 59.0 cm³/mol. The van der Waals surface area contributed by atoms with Crippen LogP contribution in [0.15, 0.2) is 21.3 Å². The van der Waals surface area contributed by atoms with E-state index in [0.717, 1.165) is 5.56 Å². The van der Waals surface area contributed by atoms with E-state index in [0.29, 0.717) is 24.7 Å². The molecule has 6 heteroatoms. The molecule has 2 N–H and O–H groups in total. The van der Waals surface area contributed by atoms with Gasteiger partial charge in [0.25, 0.3) is 0 Å². The zero-order chi connectivity index (χ0) is 11.0. The summed E-state index contributed by atoms with van der Waals surface area (Å²) in [6.45, 7) is 0.584. The average Bonchev–Trinajstić information content (AvgIpc) is 2.97. The Morgan fingerprint density at radius 2 is 2.50 bits per heavy atom. The maximum atomic E-state index is 9.40. The van der Waals surface area contributed by atoms with Gasteiger partial charge in [0.15, 0.2) is 0 Å². The van der Waals surface area contributed by atoms with Crippen molar-refractivity contribution < 1.29 is 9.63 Å². The van der Waals surface area contributed by atoms with Crippen LogP contribution in [-0.2, 0) is 0 Å². The Hall–Kier alpha value is -1.24. The van der Waals surface area contributed by atoms with Gasteiger partial charge in [0, 0.05) is 17.5 Å². The van der Waals surface area contributed by atoms with Gasteiger partial charge in [0.05, 0.1) is 12.1 Å². The Morgan fingerprint density at radius 3 is 3.19 bits per heavy atom. The molecule has 0 radical (unpaired) electrons. The van der Waals surface area contributed by atoms with Crippen LogP contribution in [0.1, 0.15) is 18.4 Å². The largest absolute Gasteiger partial charge is 0.392 e. The average molecular weight is 237 g/mol. The minimum Gasteiger partial charge on any atom is -0.392 e. The van der Waals surface area contributed by atoms with Crippen LogP contribution in [0.5, 0.6) is 0 Å². The second-order valence-electron chi connectivity index (χ2n) is 3.82. The molecular formula is C10H11N3O2S. The van der Waals surface area contributed by atoms with Crippen molar-refractivity contribution in [1.29, 1.82) is 0 Å². The summed E-state index contributed by atoms with van der Waals surface area (Å²) in [6.07, 6.45) is 0.312. The van der Waals surface area contributed by atoms with Crippen molar-refractivity contribution in [2.75, 3.05) is 6.54 Å². The summed E-state index contributed by atoms with van der Waals surface area (Å²) in [6, 6.07) is 1.94. The quantitative estimate of drug-likeness (QED) is 0.821. The summed E-state index contributed by atoms with van der Waals surface area (Å²) in [5.74, 6) is 1.16. The van der Waals surface area contributed by atoms with E-state index in [1.165, 1.54) is 0 Å². The van der Waals surface area contributed by atoms with E-state index in [1.807, 2.05) is 16.8 Å². The van der Waals surface area contributed by atoms with Gasteiger partial charge in [-0.2, -0.15) is 16.3 Å². The molecule has 0 amide bonds. The molecular weight excluding hydrogens is 226 g/mol. The van der Waals surface area contributed by atoms with Crippen molar-refractivity contribution in [1.82, 2.24) is 15.5 Å². The van der Waals surface area contributed by atoms with Crippen LogP contribution >= 0.6 is 11.3 Å². The third-order valence-corrected chi connectivity index (χ3v) is 3.31. The lowest BCUT2D eigenvalue weighted by atomic mass is 10.2. The fourth-order valence-corrected chi connectivity index (χ4v) is 2.43. The number of nitrogens with zero attached hydrogens (tertiary/aromatic N) is 2. The van der Waals surface area contributed by atoms with Crippen LogP contribution < -0.4 is 5.32 Å². The Balaban J connectivity index is 1.83. The number of aliphatic hydroxyl groups is 1. The van der Waals surface area contributed by atoms with Crippen LogP contribution in [0, 0.1) is 0 Å². The van der Waals surface area contributed by atoms with Gasteiger partial charge in [-0.25, -0.2) is 0 Å². The van der Waals surface area contributed by atoms with Gasteiger partial charge in [-0.15, -0.1) is 0 Å². The van der Waals surface area contributed by atoms with E-state index in [2.05, 4.69) is 15.5 Å². The van der Waals surface area contributed by atoms with E-state index in [9.17, 15) is 5.11 Å². The summed E-state index contributed by atoms with van der Waals surface area (Å²) in [7, 11) is 0. The molecule has 1 aliphatic rings. The molecule has 0 bridgehead atoms. The van der Waals surface area contributed by atoms with Crippen molar-refractivity contribution in [3.63, 3.8) is 0 Å². The lowest BCUT2D eigenvalue weighted by molar-refractivity contribution is 0.191. The first-order valence-electron chi connectivity index (χ1n) is 5.10. The number of hydrogen-bond donors (Lipinski definition) is 2. The Kier molecular flexibility index (Phi) is 2.47. The molecule has 3 heterocycles. The first kappa shape index (κ1) is 9.95. The van der Waals surface area contributed by atoms with Crippen molar-refractivity contribution >= 4 is 11.3 Å². The standard InChI is InChI=1S/C10H11N3O2S/c14-7-3-8(11-4-7)10-12-9(13-15-10)6-1-2-16-5-6/h1-2,5,7-8,11,14H,3-4H2/t7?,8-/m0/s1. The number of hydrogen-bond acceptors (Lipinski definition) is 6. The maximum absolute atomic E-state index is 9.40. The highest BCUT2D eigenvalue weighted by atomic mass is 32.1. The molecule has 0 saturated carbocycles. The minimum absolute atomic E-state index is 0.0186. The first-order chi connectivity index (χ1) is 7.83. The highest BCUT2D eigenvalue weighted by Gasteiger charge is 2.28. The fraction of sp³-hybridized carbons (Fsp3) is 0.400. The smallest absolute Gasteiger partial charge is 0.244 e. The van der Waals surface area contributed by atoms with E-state index >= 15 is 0 Å². The monoisotopic (exact) mass is 237 g/mol. The molecule has 84 valence electrons. The summed E-state index contributed by atoms with van der Waals surface area (Å²) >= 11 is 1.60. The SMILES string of the molecule is OC1CN[C@H](c2nc(-c3ccsc3)no2)C1. The molecule has 16 heavy (non-hydrogen) atoms. The van der Waals surface area contributed by atoms with Gasteiger partial charge < -0.3 is 14.9 Å². The molecule has 2 atom stereocenters. The number of thiophene rings is 1. The zero-order valence-corrected chi connectivity index (χ0v) is 9.28. The highest BCUT2D eigenvalue weighted by molar-refractivity contribution is 7.08. The Bertz CT molecular complexity index is 468. The predicted octanol–water partition coefficient (Wildman–Crippen LogP) is 1.19. The topological polar surface area (TPSA) is 71.2 Å². The van der Waals surface area contributed by atoms with Crippen molar-refractivity contribution in [2.45, 2.75) is 18.6 Å². The Labute approximate surface area is 96.1 Å². The summed E-state index contributed by atoms with van der Waals surface area (Å²) in [4.78, 5) is 4.32. The first-order valence-corrected chi connectivity index (χ1v) is 6.05. The molecule has 0 aromatic carbocycles.